The molecular weight excluding hydrogens is 204 g/mol. The number of amides is 1. The van der Waals surface area contributed by atoms with Gasteiger partial charge >= 0.3 is 0 Å². The van der Waals surface area contributed by atoms with E-state index in [0.717, 1.165) is 5.56 Å². The number of ether oxygens (including phenoxy) is 1. The van der Waals surface area contributed by atoms with Crippen LogP contribution >= 0.6 is 0 Å². The number of rotatable bonds is 6. The van der Waals surface area contributed by atoms with Crippen LogP contribution < -0.4 is 0 Å². The molecule has 0 saturated heterocycles. The van der Waals surface area contributed by atoms with Crippen molar-refractivity contribution in [3.63, 3.8) is 0 Å². The van der Waals surface area contributed by atoms with E-state index >= 15 is 0 Å². The third kappa shape index (κ3) is 3.98. The highest BCUT2D eigenvalue weighted by Crippen LogP contribution is 2.03. The number of nitrogens with zero attached hydrogens (tertiary/aromatic N) is 2. The lowest BCUT2D eigenvalue weighted by atomic mass is 10.2. The first-order valence-electron chi connectivity index (χ1n) is 5.52. The van der Waals surface area contributed by atoms with E-state index in [1.165, 1.54) is 0 Å². The first-order chi connectivity index (χ1) is 7.77. The number of carbonyl (C=O) groups excluding carboxylic acids is 1. The maximum Gasteiger partial charge on any atom is 0.248 e. The third-order valence-corrected chi connectivity index (χ3v) is 2.29. The molecule has 0 N–H and O–H groups in total. The fourth-order valence-corrected chi connectivity index (χ4v) is 1.37. The lowest BCUT2D eigenvalue weighted by Gasteiger charge is -2.20. The zero-order chi connectivity index (χ0) is 11.8. The molecule has 1 rings (SSSR count). The molecule has 0 fully saturated rings. The molecule has 0 radical (unpaired) electrons. The van der Waals surface area contributed by atoms with Crippen molar-refractivity contribution in [3.05, 3.63) is 30.1 Å². The number of hydrogen-bond donors (Lipinski definition) is 0. The van der Waals surface area contributed by atoms with Crippen LogP contribution in [0.15, 0.2) is 24.5 Å². The number of aromatic nitrogens is 1. The maximum atomic E-state index is 11.7. The van der Waals surface area contributed by atoms with Crippen LogP contribution in [0.25, 0.3) is 0 Å². The van der Waals surface area contributed by atoms with Crippen LogP contribution in [0.3, 0.4) is 0 Å². The van der Waals surface area contributed by atoms with Gasteiger partial charge in [0.25, 0.3) is 0 Å². The molecule has 4 heteroatoms. The third-order valence-electron chi connectivity index (χ3n) is 2.29. The number of likely N-dealkylation sites (N-methyl/N-ethyl adjacent to an activating group) is 1. The van der Waals surface area contributed by atoms with Gasteiger partial charge < -0.3 is 9.64 Å². The second kappa shape index (κ2) is 6.95. The molecule has 1 amide bonds. The van der Waals surface area contributed by atoms with Crippen molar-refractivity contribution < 1.29 is 9.53 Å². The molecule has 4 nitrogen and oxygen atoms in total. The second-order valence-electron chi connectivity index (χ2n) is 3.40. The van der Waals surface area contributed by atoms with Gasteiger partial charge in [0.15, 0.2) is 0 Å². The molecule has 0 aliphatic rings. The Bertz CT molecular complexity index is 314. The van der Waals surface area contributed by atoms with Gasteiger partial charge in [-0.05, 0) is 31.5 Å². The Balaban J connectivity index is 2.52. The van der Waals surface area contributed by atoms with Crippen molar-refractivity contribution in [3.8, 4) is 0 Å². The summed E-state index contributed by atoms with van der Waals surface area (Å²) in [4.78, 5) is 17.4. The molecule has 0 spiro atoms. The summed E-state index contributed by atoms with van der Waals surface area (Å²) in [5.41, 5.74) is 1.08. The van der Waals surface area contributed by atoms with E-state index in [-0.39, 0.29) is 12.5 Å². The molecule has 88 valence electrons. The zero-order valence-corrected chi connectivity index (χ0v) is 9.85. The van der Waals surface area contributed by atoms with Crippen molar-refractivity contribution in [1.82, 2.24) is 9.88 Å². The Labute approximate surface area is 96.2 Å². The minimum absolute atomic E-state index is 0.0289. The standard InChI is InChI=1S/C12H18N2O2/c1-3-14(12(15)10-16-4-2)9-11-5-7-13-8-6-11/h5-8H,3-4,9-10H2,1-2H3. The summed E-state index contributed by atoms with van der Waals surface area (Å²) in [6.07, 6.45) is 3.46. The van der Waals surface area contributed by atoms with Crippen LogP contribution in [-0.4, -0.2) is 35.5 Å². The minimum atomic E-state index is 0.0289. The highest BCUT2D eigenvalue weighted by Gasteiger charge is 2.11. The molecule has 1 aromatic rings. The number of pyridine rings is 1. The molecule has 1 heterocycles. The summed E-state index contributed by atoms with van der Waals surface area (Å²) >= 11 is 0. The predicted octanol–water partition coefficient (Wildman–Crippen LogP) is 1.47. The molecular formula is C12H18N2O2. The normalized spacial score (nSPS) is 10.1. The van der Waals surface area contributed by atoms with Gasteiger partial charge in [-0.1, -0.05) is 0 Å². The van der Waals surface area contributed by atoms with Gasteiger partial charge in [-0.15, -0.1) is 0 Å². The van der Waals surface area contributed by atoms with Crippen LogP contribution in [0.2, 0.25) is 0 Å². The summed E-state index contributed by atoms with van der Waals surface area (Å²) < 4.78 is 5.11. The molecule has 0 unspecified atom stereocenters. The van der Waals surface area contributed by atoms with E-state index in [1.807, 2.05) is 26.0 Å². The van der Waals surface area contributed by atoms with Crippen LogP contribution in [0, 0.1) is 0 Å². The van der Waals surface area contributed by atoms with Gasteiger partial charge in [0.05, 0.1) is 0 Å². The molecule has 0 bridgehead atoms. The average Bonchev–Trinajstić information content (AvgIpc) is 2.34. The SMILES string of the molecule is CCOCC(=O)N(CC)Cc1ccncc1. The van der Waals surface area contributed by atoms with Gasteiger partial charge in [-0.25, -0.2) is 0 Å². The van der Waals surface area contributed by atoms with Crippen molar-refractivity contribution in [2.24, 2.45) is 0 Å². The van der Waals surface area contributed by atoms with Gasteiger partial charge in [0, 0.05) is 32.1 Å². The molecule has 0 aromatic carbocycles. The molecule has 1 aromatic heterocycles. The van der Waals surface area contributed by atoms with Crippen molar-refractivity contribution in [2.45, 2.75) is 20.4 Å². The van der Waals surface area contributed by atoms with E-state index in [0.29, 0.717) is 19.7 Å². The van der Waals surface area contributed by atoms with Crippen LogP contribution in [0.4, 0.5) is 0 Å². The second-order valence-corrected chi connectivity index (χ2v) is 3.40. The van der Waals surface area contributed by atoms with Gasteiger partial charge in [-0.2, -0.15) is 0 Å². The molecule has 16 heavy (non-hydrogen) atoms. The van der Waals surface area contributed by atoms with E-state index in [4.69, 9.17) is 4.74 Å². The fourth-order valence-electron chi connectivity index (χ4n) is 1.37. The number of hydrogen-bond acceptors (Lipinski definition) is 3. The molecule has 0 aliphatic carbocycles. The minimum Gasteiger partial charge on any atom is -0.372 e. The van der Waals surface area contributed by atoms with Crippen LogP contribution in [0.1, 0.15) is 19.4 Å². The van der Waals surface area contributed by atoms with E-state index < -0.39 is 0 Å². The van der Waals surface area contributed by atoms with E-state index in [2.05, 4.69) is 4.98 Å². The van der Waals surface area contributed by atoms with Crippen LogP contribution in [-0.2, 0) is 16.1 Å². The summed E-state index contributed by atoms with van der Waals surface area (Å²) in [7, 11) is 0. The lowest BCUT2D eigenvalue weighted by Crippen LogP contribution is -2.33. The smallest absolute Gasteiger partial charge is 0.248 e. The highest BCUT2D eigenvalue weighted by molar-refractivity contribution is 5.77. The Morgan fingerprint density at radius 3 is 2.62 bits per heavy atom. The first kappa shape index (κ1) is 12.6. The lowest BCUT2D eigenvalue weighted by molar-refractivity contribution is -0.136. The Morgan fingerprint density at radius 1 is 1.38 bits per heavy atom. The van der Waals surface area contributed by atoms with Crippen molar-refractivity contribution in [1.29, 1.82) is 0 Å². The summed E-state index contributed by atoms with van der Waals surface area (Å²) in [5, 5.41) is 0. The van der Waals surface area contributed by atoms with Crippen LogP contribution in [0.5, 0.6) is 0 Å². The number of carbonyl (C=O) groups is 1. The van der Waals surface area contributed by atoms with Gasteiger partial charge in [-0.3, -0.25) is 9.78 Å². The quantitative estimate of drug-likeness (QED) is 0.732. The Kier molecular flexibility index (Phi) is 5.50. The summed E-state index contributed by atoms with van der Waals surface area (Å²) in [5.74, 6) is 0.0289. The Morgan fingerprint density at radius 2 is 2.06 bits per heavy atom. The largest absolute Gasteiger partial charge is 0.372 e. The topological polar surface area (TPSA) is 42.4 Å². The predicted molar refractivity (Wildman–Crippen MR) is 61.8 cm³/mol. The monoisotopic (exact) mass is 222 g/mol. The first-order valence-corrected chi connectivity index (χ1v) is 5.52. The summed E-state index contributed by atoms with van der Waals surface area (Å²) in [6, 6.07) is 3.83. The van der Waals surface area contributed by atoms with Crippen molar-refractivity contribution >= 4 is 5.91 Å². The van der Waals surface area contributed by atoms with Gasteiger partial charge in [0.2, 0.25) is 5.91 Å². The van der Waals surface area contributed by atoms with E-state index in [9.17, 15) is 4.79 Å². The average molecular weight is 222 g/mol. The van der Waals surface area contributed by atoms with E-state index in [1.54, 1.807) is 17.3 Å². The van der Waals surface area contributed by atoms with Gasteiger partial charge in [0.1, 0.15) is 6.61 Å². The maximum absolute atomic E-state index is 11.7. The van der Waals surface area contributed by atoms with Crippen molar-refractivity contribution in [2.75, 3.05) is 19.8 Å². The zero-order valence-electron chi connectivity index (χ0n) is 9.85. The Hall–Kier alpha value is -1.42. The fraction of sp³-hybridized carbons (Fsp3) is 0.500. The summed E-state index contributed by atoms with van der Waals surface area (Å²) in [6.45, 7) is 5.88. The molecule has 0 aliphatic heterocycles. The molecule has 0 atom stereocenters. The highest BCUT2D eigenvalue weighted by atomic mass is 16.5. The molecule has 0 saturated carbocycles.